The maximum absolute atomic E-state index is 2.50. The van der Waals surface area contributed by atoms with Gasteiger partial charge in [-0.1, -0.05) is 27.7 Å². The molecule has 1 aliphatic rings. The number of nitrogens with zero attached hydrogens (tertiary/aromatic N) is 1. The summed E-state index contributed by atoms with van der Waals surface area (Å²) in [6.07, 6.45) is 1.37. The fourth-order valence-electron chi connectivity index (χ4n) is 2.13. The molecule has 0 aromatic rings. The van der Waals surface area contributed by atoms with Crippen LogP contribution >= 0.6 is 0 Å². The van der Waals surface area contributed by atoms with E-state index in [1.165, 1.54) is 6.42 Å². The third kappa shape index (κ3) is 1.96. The van der Waals surface area contributed by atoms with Crippen molar-refractivity contribution < 1.29 is 0 Å². The molecular weight excluding hydrogens is 134 g/mol. The van der Waals surface area contributed by atoms with Crippen LogP contribution in [-0.4, -0.2) is 24.0 Å². The quantitative estimate of drug-likeness (QED) is 0.565. The largest absolute Gasteiger partial charge is 0.297 e. The van der Waals surface area contributed by atoms with Crippen LogP contribution in [-0.2, 0) is 0 Å². The van der Waals surface area contributed by atoms with Gasteiger partial charge in [0.1, 0.15) is 0 Å². The normalized spacial score (nSPS) is 36.8. The monoisotopic (exact) mass is 155 g/mol. The van der Waals surface area contributed by atoms with E-state index in [2.05, 4.69) is 39.6 Å². The van der Waals surface area contributed by atoms with E-state index in [0.717, 1.165) is 23.9 Å². The third-order valence-corrected chi connectivity index (χ3v) is 2.69. The van der Waals surface area contributed by atoms with Crippen molar-refractivity contribution in [2.45, 2.75) is 46.2 Å². The van der Waals surface area contributed by atoms with Gasteiger partial charge in [-0.05, 0) is 25.3 Å². The first-order valence-electron chi connectivity index (χ1n) is 4.76. The lowest BCUT2D eigenvalue weighted by molar-refractivity contribution is 0.489. The van der Waals surface area contributed by atoms with E-state index in [4.69, 9.17) is 0 Å². The zero-order chi connectivity index (χ0) is 8.59. The van der Waals surface area contributed by atoms with Crippen LogP contribution in [0.1, 0.15) is 34.1 Å². The van der Waals surface area contributed by atoms with Gasteiger partial charge < -0.3 is 0 Å². The second-order valence-electron chi connectivity index (χ2n) is 4.60. The van der Waals surface area contributed by atoms with Gasteiger partial charge in [-0.3, -0.25) is 4.90 Å². The summed E-state index contributed by atoms with van der Waals surface area (Å²) in [5.74, 6) is 1.69. The Kier molecular flexibility index (Phi) is 2.58. The third-order valence-electron chi connectivity index (χ3n) is 2.69. The molecule has 66 valence electrons. The van der Waals surface area contributed by atoms with Crippen molar-refractivity contribution in [3.05, 3.63) is 0 Å². The predicted molar refractivity (Wildman–Crippen MR) is 49.6 cm³/mol. The molecule has 1 fully saturated rings. The average Bonchev–Trinajstić information content (AvgIpc) is 2.40. The molecular formula is C10H21N. The molecule has 1 heterocycles. The highest BCUT2D eigenvalue weighted by Crippen LogP contribution is 2.36. The fourth-order valence-corrected chi connectivity index (χ4v) is 2.13. The van der Waals surface area contributed by atoms with Crippen LogP contribution in [0.3, 0.4) is 0 Å². The Hall–Kier alpha value is -0.0400. The molecule has 0 aliphatic carbocycles. The van der Waals surface area contributed by atoms with Crippen LogP contribution in [0.4, 0.5) is 0 Å². The first kappa shape index (κ1) is 9.05. The summed E-state index contributed by atoms with van der Waals surface area (Å²) in [5, 5.41) is 0. The topological polar surface area (TPSA) is 3.01 Å². The van der Waals surface area contributed by atoms with Crippen LogP contribution in [0, 0.1) is 11.8 Å². The Labute approximate surface area is 70.8 Å². The standard InChI is InChI=1S/C10H21N/c1-7(2)6-9-10(8(3)4)11(9)5/h7-10H,6H2,1-5H3. The van der Waals surface area contributed by atoms with Gasteiger partial charge in [-0.2, -0.15) is 0 Å². The summed E-state index contributed by atoms with van der Waals surface area (Å²) in [6.45, 7) is 9.26. The number of hydrogen-bond acceptors (Lipinski definition) is 1. The van der Waals surface area contributed by atoms with E-state index in [0.29, 0.717) is 0 Å². The molecule has 3 unspecified atom stereocenters. The highest BCUT2D eigenvalue weighted by molar-refractivity contribution is 5.01. The molecule has 0 amide bonds. The Bertz CT molecular complexity index is 129. The first-order chi connectivity index (χ1) is 5.04. The molecule has 1 heteroatoms. The van der Waals surface area contributed by atoms with Gasteiger partial charge in [0.25, 0.3) is 0 Å². The molecule has 0 N–H and O–H groups in total. The van der Waals surface area contributed by atoms with E-state index in [1.54, 1.807) is 0 Å². The summed E-state index contributed by atoms with van der Waals surface area (Å²) in [7, 11) is 2.25. The van der Waals surface area contributed by atoms with Gasteiger partial charge >= 0.3 is 0 Å². The van der Waals surface area contributed by atoms with Crippen molar-refractivity contribution >= 4 is 0 Å². The summed E-state index contributed by atoms with van der Waals surface area (Å²) < 4.78 is 0. The molecule has 0 aromatic carbocycles. The lowest BCUT2D eigenvalue weighted by Gasteiger charge is -2.02. The van der Waals surface area contributed by atoms with Crippen LogP contribution in [0.2, 0.25) is 0 Å². The summed E-state index contributed by atoms with van der Waals surface area (Å²) in [6, 6.07) is 1.76. The van der Waals surface area contributed by atoms with Crippen molar-refractivity contribution in [1.29, 1.82) is 0 Å². The summed E-state index contributed by atoms with van der Waals surface area (Å²) in [4.78, 5) is 2.50. The summed E-state index contributed by atoms with van der Waals surface area (Å²) >= 11 is 0. The van der Waals surface area contributed by atoms with E-state index in [9.17, 15) is 0 Å². The molecule has 1 aliphatic heterocycles. The lowest BCUT2D eigenvalue weighted by Crippen LogP contribution is -2.04. The molecule has 0 bridgehead atoms. The highest BCUT2D eigenvalue weighted by atomic mass is 15.3. The molecule has 0 saturated carbocycles. The molecule has 3 atom stereocenters. The molecule has 0 aromatic heterocycles. The second kappa shape index (κ2) is 3.14. The zero-order valence-electron chi connectivity index (χ0n) is 8.46. The van der Waals surface area contributed by atoms with Gasteiger partial charge in [-0.25, -0.2) is 0 Å². The van der Waals surface area contributed by atoms with Crippen molar-refractivity contribution in [2.24, 2.45) is 11.8 Å². The van der Waals surface area contributed by atoms with Crippen molar-refractivity contribution in [3.63, 3.8) is 0 Å². The minimum Gasteiger partial charge on any atom is -0.297 e. The predicted octanol–water partition coefficient (Wildman–Crippen LogP) is 2.37. The minimum absolute atomic E-state index is 0.837. The van der Waals surface area contributed by atoms with Crippen LogP contribution in [0.5, 0.6) is 0 Å². The van der Waals surface area contributed by atoms with E-state index < -0.39 is 0 Å². The van der Waals surface area contributed by atoms with Crippen LogP contribution < -0.4 is 0 Å². The minimum atomic E-state index is 0.837. The van der Waals surface area contributed by atoms with Crippen LogP contribution in [0.15, 0.2) is 0 Å². The molecule has 1 saturated heterocycles. The highest BCUT2D eigenvalue weighted by Gasteiger charge is 2.45. The van der Waals surface area contributed by atoms with Crippen LogP contribution in [0.25, 0.3) is 0 Å². The van der Waals surface area contributed by atoms with E-state index in [1.807, 2.05) is 0 Å². The van der Waals surface area contributed by atoms with Gasteiger partial charge in [0.05, 0.1) is 0 Å². The number of likely N-dealkylation sites (N-methyl/N-ethyl adjacent to an activating group) is 1. The molecule has 0 radical (unpaired) electrons. The van der Waals surface area contributed by atoms with Gasteiger partial charge in [-0.15, -0.1) is 0 Å². The first-order valence-corrected chi connectivity index (χ1v) is 4.76. The molecule has 11 heavy (non-hydrogen) atoms. The maximum Gasteiger partial charge on any atom is 0.0275 e. The van der Waals surface area contributed by atoms with Crippen molar-refractivity contribution in [2.75, 3.05) is 7.05 Å². The smallest absolute Gasteiger partial charge is 0.0275 e. The second-order valence-corrected chi connectivity index (χ2v) is 4.60. The average molecular weight is 155 g/mol. The van der Waals surface area contributed by atoms with E-state index >= 15 is 0 Å². The Morgan fingerprint density at radius 1 is 1.18 bits per heavy atom. The number of hydrogen-bond donors (Lipinski definition) is 0. The van der Waals surface area contributed by atoms with E-state index in [-0.39, 0.29) is 0 Å². The Morgan fingerprint density at radius 3 is 2.00 bits per heavy atom. The maximum atomic E-state index is 2.50. The summed E-state index contributed by atoms with van der Waals surface area (Å²) in [5.41, 5.74) is 0. The molecule has 1 nitrogen and oxygen atoms in total. The fraction of sp³-hybridized carbons (Fsp3) is 1.00. The van der Waals surface area contributed by atoms with Gasteiger partial charge in [0, 0.05) is 12.1 Å². The Morgan fingerprint density at radius 2 is 1.73 bits per heavy atom. The van der Waals surface area contributed by atoms with Gasteiger partial charge in [0.2, 0.25) is 0 Å². The van der Waals surface area contributed by atoms with Crippen molar-refractivity contribution in [1.82, 2.24) is 4.90 Å². The SMILES string of the molecule is CC(C)CC1C(C(C)C)N1C. The lowest BCUT2D eigenvalue weighted by atomic mass is 10.0. The molecule has 0 spiro atoms. The van der Waals surface area contributed by atoms with Gasteiger partial charge in [0.15, 0.2) is 0 Å². The van der Waals surface area contributed by atoms with Crippen molar-refractivity contribution in [3.8, 4) is 0 Å². The number of rotatable bonds is 3. The Balaban J connectivity index is 2.30. The molecule has 1 rings (SSSR count). The zero-order valence-corrected chi connectivity index (χ0v) is 8.46.